The number of ether oxygens (including phenoxy) is 1. The van der Waals surface area contributed by atoms with Crippen LogP contribution in [0.3, 0.4) is 0 Å². The summed E-state index contributed by atoms with van der Waals surface area (Å²) in [5.41, 5.74) is 0.961. The molecule has 0 aliphatic rings. The first-order valence-electron chi connectivity index (χ1n) is 5.61. The zero-order valence-corrected chi connectivity index (χ0v) is 12.5. The van der Waals surface area contributed by atoms with Crippen LogP contribution in [0.15, 0.2) is 16.6 Å². The summed E-state index contributed by atoms with van der Waals surface area (Å²) in [4.78, 5) is 22.3. The summed E-state index contributed by atoms with van der Waals surface area (Å²) >= 11 is 3.02. The highest BCUT2D eigenvalue weighted by molar-refractivity contribution is 9.10. The van der Waals surface area contributed by atoms with Gasteiger partial charge in [-0.25, -0.2) is 14.0 Å². The SMILES string of the molecule is COC(CNC(=O)Nc1cc(Br)c(F)cc1C)C(=O)O. The molecule has 8 heteroatoms. The molecule has 0 aliphatic carbocycles. The zero-order valence-electron chi connectivity index (χ0n) is 10.9. The van der Waals surface area contributed by atoms with Crippen molar-refractivity contribution in [1.82, 2.24) is 5.32 Å². The summed E-state index contributed by atoms with van der Waals surface area (Å²) in [7, 11) is 1.24. The van der Waals surface area contributed by atoms with Crippen molar-refractivity contribution in [2.75, 3.05) is 19.0 Å². The van der Waals surface area contributed by atoms with E-state index in [1.807, 2.05) is 0 Å². The number of urea groups is 1. The summed E-state index contributed by atoms with van der Waals surface area (Å²) < 4.78 is 18.1. The average molecular weight is 349 g/mol. The van der Waals surface area contributed by atoms with Crippen LogP contribution in [0, 0.1) is 12.7 Å². The van der Waals surface area contributed by atoms with Crippen LogP contribution in [-0.4, -0.2) is 36.9 Å². The van der Waals surface area contributed by atoms with Crippen LogP contribution in [0.25, 0.3) is 0 Å². The van der Waals surface area contributed by atoms with Crippen LogP contribution < -0.4 is 10.6 Å². The van der Waals surface area contributed by atoms with E-state index in [1.165, 1.54) is 19.2 Å². The number of halogens is 2. The van der Waals surface area contributed by atoms with Gasteiger partial charge in [-0.3, -0.25) is 0 Å². The van der Waals surface area contributed by atoms with Crippen LogP contribution in [0.4, 0.5) is 14.9 Å². The summed E-state index contributed by atoms with van der Waals surface area (Å²) in [6.45, 7) is 1.46. The number of hydrogen-bond acceptors (Lipinski definition) is 3. The van der Waals surface area contributed by atoms with Crippen LogP contribution in [0.2, 0.25) is 0 Å². The fourth-order valence-electron chi connectivity index (χ4n) is 1.40. The third-order valence-corrected chi connectivity index (χ3v) is 3.13. The van der Waals surface area contributed by atoms with Crippen LogP contribution >= 0.6 is 15.9 Å². The normalized spacial score (nSPS) is 11.8. The number of carbonyl (C=O) groups excluding carboxylic acids is 1. The van der Waals surface area contributed by atoms with Crippen LogP contribution in [0.1, 0.15) is 5.56 Å². The summed E-state index contributed by atoms with van der Waals surface area (Å²) in [6, 6.07) is 2.10. The van der Waals surface area contributed by atoms with E-state index in [0.29, 0.717) is 11.3 Å². The molecular formula is C12H14BrFN2O4. The summed E-state index contributed by atoms with van der Waals surface area (Å²) in [6.07, 6.45) is -1.12. The van der Waals surface area contributed by atoms with Gasteiger partial charge in [-0.05, 0) is 40.5 Å². The Hall–Kier alpha value is -1.67. The van der Waals surface area contributed by atoms with Gasteiger partial charge in [0.1, 0.15) is 5.82 Å². The van der Waals surface area contributed by atoms with E-state index in [2.05, 4.69) is 31.3 Å². The van der Waals surface area contributed by atoms with E-state index in [4.69, 9.17) is 5.11 Å². The summed E-state index contributed by atoms with van der Waals surface area (Å²) in [5.74, 6) is -1.60. The highest BCUT2D eigenvalue weighted by atomic mass is 79.9. The molecule has 1 atom stereocenters. The van der Waals surface area contributed by atoms with E-state index in [0.717, 1.165) is 0 Å². The number of hydrogen-bond donors (Lipinski definition) is 3. The Kier molecular flexibility index (Phi) is 5.90. The number of amides is 2. The van der Waals surface area contributed by atoms with Gasteiger partial charge in [0, 0.05) is 12.8 Å². The molecular weight excluding hydrogens is 335 g/mol. The number of carbonyl (C=O) groups is 2. The van der Waals surface area contributed by atoms with E-state index in [-0.39, 0.29) is 11.0 Å². The van der Waals surface area contributed by atoms with Gasteiger partial charge in [0.05, 0.1) is 11.0 Å². The quantitative estimate of drug-likeness (QED) is 0.760. The number of methoxy groups -OCH3 is 1. The molecule has 0 saturated heterocycles. The Labute approximate surface area is 123 Å². The number of aryl methyl sites for hydroxylation is 1. The molecule has 0 bridgehead atoms. The number of aliphatic carboxylic acids is 1. The number of nitrogens with one attached hydrogen (secondary N) is 2. The molecule has 0 fully saturated rings. The third kappa shape index (κ3) is 4.46. The second kappa shape index (κ2) is 7.20. The predicted octanol–water partition coefficient (Wildman–Crippen LogP) is 2.12. The standard InChI is InChI=1S/C12H14BrFN2O4/c1-6-3-8(14)7(13)4-9(6)16-12(19)15-5-10(20-2)11(17)18/h3-4,10H,5H2,1-2H3,(H,17,18)(H2,15,16,19). The largest absolute Gasteiger partial charge is 0.479 e. The van der Waals surface area contributed by atoms with Crippen molar-refractivity contribution in [3.63, 3.8) is 0 Å². The van der Waals surface area contributed by atoms with Gasteiger partial charge in [-0.15, -0.1) is 0 Å². The highest BCUT2D eigenvalue weighted by Crippen LogP contribution is 2.24. The third-order valence-electron chi connectivity index (χ3n) is 2.52. The molecule has 0 aromatic heterocycles. The number of rotatable bonds is 5. The van der Waals surface area contributed by atoms with Crippen molar-refractivity contribution in [3.8, 4) is 0 Å². The number of anilines is 1. The van der Waals surface area contributed by atoms with Crippen molar-refractivity contribution < 1.29 is 23.8 Å². The van der Waals surface area contributed by atoms with Crippen molar-refractivity contribution in [3.05, 3.63) is 28.0 Å². The molecule has 110 valence electrons. The Morgan fingerprint density at radius 2 is 2.15 bits per heavy atom. The predicted molar refractivity (Wildman–Crippen MR) is 74.3 cm³/mol. The van der Waals surface area contributed by atoms with Gasteiger partial charge in [-0.1, -0.05) is 0 Å². The van der Waals surface area contributed by atoms with Crippen molar-refractivity contribution >= 4 is 33.6 Å². The van der Waals surface area contributed by atoms with E-state index >= 15 is 0 Å². The van der Waals surface area contributed by atoms with E-state index < -0.39 is 23.9 Å². The monoisotopic (exact) mass is 348 g/mol. The molecule has 6 nitrogen and oxygen atoms in total. The molecule has 1 unspecified atom stereocenters. The van der Waals surface area contributed by atoms with E-state index in [9.17, 15) is 14.0 Å². The number of carboxylic acid groups (broad SMARTS) is 1. The maximum atomic E-state index is 13.2. The Bertz CT molecular complexity index is 524. The topological polar surface area (TPSA) is 87.7 Å². The zero-order chi connectivity index (χ0) is 15.3. The lowest BCUT2D eigenvalue weighted by atomic mass is 10.2. The number of benzene rings is 1. The molecule has 20 heavy (non-hydrogen) atoms. The van der Waals surface area contributed by atoms with Crippen molar-refractivity contribution in [2.24, 2.45) is 0 Å². The number of carboxylic acids is 1. The second-order valence-electron chi connectivity index (χ2n) is 3.98. The average Bonchev–Trinajstić information content (AvgIpc) is 2.36. The minimum atomic E-state index is -1.17. The Morgan fingerprint density at radius 1 is 1.50 bits per heavy atom. The van der Waals surface area contributed by atoms with Crippen molar-refractivity contribution in [1.29, 1.82) is 0 Å². The van der Waals surface area contributed by atoms with Gasteiger partial charge in [0.25, 0.3) is 0 Å². The van der Waals surface area contributed by atoms with Gasteiger partial charge < -0.3 is 20.5 Å². The maximum Gasteiger partial charge on any atom is 0.334 e. The Balaban J connectivity index is 2.63. The minimum absolute atomic E-state index is 0.181. The first kappa shape index (κ1) is 16.4. The maximum absolute atomic E-state index is 13.2. The first-order chi connectivity index (χ1) is 9.35. The van der Waals surface area contributed by atoms with Crippen LogP contribution in [0.5, 0.6) is 0 Å². The van der Waals surface area contributed by atoms with Gasteiger partial charge >= 0.3 is 12.0 Å². The van der Waals surface area contributed by atoms with Gasteiger partial charge in [0.2, 0.25) is 0 Å². The first-order valence-corrected chi connectivity index (χ1v) is 6.40. The molecule has 0 aliphatic heterocycles. The molecule has 2 amide bonds. The molecule has 0 spiro atoms. The van der Waals surface area contributed by atoms with Gasteiger partial charge in [-0.2, -0.15) is 0 Å². The van der Waals surface area contributed by atoms with Crippen LogP contribution in [-0.2, 0) is 9.53 Å². The van der Waals surface area contributed by atoms with Gasteiger partial charge in [0.15, 0.2) is 6.10 Å². The molecule has 0 saturated carbocycles. The lowest BCUT2D eigenvalue weighted by molar-refractivity contribution is -0.147. The Morgan fingerprint density at radius 3 is 2.70 bits per heavy atom. The molecule has 1 rings (SSSR count). The lowest BCUT2D eigenvalue weighted by Gasteiger charge is -2.13. The highest BCUT2D eigenvalue weighted by Gasteiger charge is 2.17. The molecule has 3 N–H and O–H groups in total. The minimum Gasteiger partial charge on any atom is -0.479 e. The molecule has 1 aromatic carbocycles. The molecule has 1 aromatic rings. The molecule has 0 radical (unpaired) electrons. The van der Waals surface area contributed by atoms with E-state index in [1.54, 1.807) is 6.92 Å². The molecule has 0 heterocycles. The lowest BCUT2D eigenvalue weighted by Crippen LogP contribution is -2.39. The smallest absolute Gasteiger partial charge is 0.334 e. The summed E-state index contributed by atoms with van der Waals surface area (Å²) in [5, 5.41) is 13.6. The fraction of sp³-hybridized carbons (Fsp3) is 0.333. The second-order valence-corrected chi connectivity index (χ2v) is 4.83. The fourth-order valence-corrected chi connectivity index (χ4v) is 1.75. The van der Waals surface area contributed by atoms with Crippen molar-refractivity contribution in [2.45, 2.75) is 13.0 Å².